The molecule has 118 valence electrons. The molecule has 0 bridgehead atoms. The normalized spacial score (nSPS) is 19.4. The molecule has 2 rings (SSSR count). The highest BCUT2D eigenvalue weighted by Crippen LogP contribution is 2.35. The summed E-state index contributed by atoms with van der Waals surface area (Å²) in [4.78, 5) is 2.04. The summed E-state index contributed by atoms with van der Waals surface area (Å²) in [7, 11) is 1.67. The van der Waals surface area contributed by atoms with E-state index in [2.05, 4.69) is 0 Å². The number of rotatable bonds is 7. The van der Waals surface area contributed by atoms with E-state index in [4.69, 9.17) is 4.74 Å². The standard InChI is InChI=1S/C17H26FNO2/c1-21-14-8-5-11-17(20,19-12-6-2-7-13-19)15-9-3-4-10-16(15)18/h3-4,9-10,20H,2,5-8,11-14H2,1H3/t17-/m1/s1. The Labute approximate surface area is 126 Å². The Kier molecular flexibility index (Phi) is 6.15. The quantitative estimate of drug-likeness (QED) is 0.784. The van der Waals surface area contributed by atoms with Gasteiger partial charge in [0.05, 0.1) is 0 Å². The molecular weight excluding hydrogens is 269 g/mol. The van der Waals surface area contributed by atoms with Gasteiger partial charge in [-0.25, -0.2) is 4.39 Å². The van der Waals surface area contributed by atoms with Gasteiger partial charge in [0, 0.05) is 32.4 Å². The molecule has 0 aromatic heterocycles. The van der Waals surface area contributed by atoms with Crippen LogP contribution in [-0.2, 0) is 10.5 Å². The second-order valence-corrected chi connectivity index (χ2v) is 5.79. The zero-order valence-corrected chi connectivity index (χ0v) is 12.9. The lowest BCUT2D eigenvalue weighted by Gasteiger charge is -2.42. The number of methoxy groups -OCH3 is 1. The molecule has 1 aliphatic heterocycles. The highest BCUT2D eigenvalue weighted by molar-refractivity contribution is 5.24. The molecule has 1 aromatic carbocycles. The van der Waals surface area contributed by atoms with Crippen LogP contribution in [0, 0.1) is 5.82 Å². The second kappa shape index (κ2) is 7.87. The van der Waals surface area contributed by atoms with Gasteiger partial charge < -0.3 is 9.84 Å². The largest absolute Gasteiger partial charge is 0.385 e. The first-order valence-electron chi connectivity index (χ1n) is 7.90. The monoisotopic (exact) mass is 295 g/mol. The van der Waals surface area contributed by atoms with Crippen molar-refractivity contribution in [3.8, 4) is 0 Å². The second-order valence-electron chi connectivity index (χ2n) is 5.79. The van der Waals surface area contributed by atoms with Crippen LogP contribution in [0.15, 0.2) is 24.3 Å². The molecule has 0 saturated carbocycles. The van der Waals surface area contributed by atoms with Gasteiger partial charge in [0.15, 0.2) is 0 Å². The lowest BCUT2D eigenvalue weighted by molar-refractivity contribution is -0.133. The first kappa shape index (κ1) is 16.4. The number of nitrogens with zero attached hydrogens (tertiary/aromatic N) is 1. The van der Waals surface area contributed by atoms with E-state index < -0.39 is 5.72 Å². The fourth-order valence-corrected chi connectivity index (χ4v) is 3.13. The fraction of sp³-hybridized carbons (Fsp3) is 0.647. The predicted molar refractivity (Wildman–Crippen MR) is 81.4 cm³/mol. The van der Waals surface area contributed by atoms with Gasteiger partial charge in [0.25, 0.3) is 0 Å². The molecule has 0 radical (unpaired) electrons. The van der Waals surface area contributed by atoms with E-state index in [9.17, 15) is 9.50 Å². The first-order chi connectivity index (χ1) is 10.2. The van der Waals surface area contributed by atoms with Crippen molar-refractivity contribution in [1.29, 1.82) is 0 Å². The van der Waals surface area contributed by atoms with E-state index in [1.807, 2.05) is 4.90 Å². The Bertz CT molecular complexity index is 435. The van der Waals surface area contributed by atoms with Crippen LogP contribution in [0.3, 0.4) is 0 Å². The minimum absolute atomic E-state index is 0.322. The van der Waals surface area contributed by atoms with E-state index in [0.29, 0.717) is 18.6 Å². The van der Waals surface area contributed by atoms with Crippen molar-refractivity contribution in [3.63, 3.8) is 0 Å². The maximum Gasteiger partial charge on any atom is 0.147 e. The van der Waals surface area contributed by atoms with Crippen molar-refractivity contribution in [3.05, 3.63) is 35.6 Å². The van der Waals surface area contributed by atoms with Crippen LogP contribution in [0.2, 0.25) is 0 Å². The van der Waals surface area contributed by atoms with Crippen LogP contribution in [0.25, 0.3) is 0 Å². The average molecular weight is 295 g/mol. The van der Waals surface area contributed by atoms with Crippen LogP contribution >= 0.6 is 0 Å². The number of hydrogen-bond donors (Lipinski definition) is 1. The van der Waals surface area contributed by atoms with Crippen LogP contribution in [-0.4, -0.2) is 36.8 Å². The third-order valence-electron chi connectivity index (χ3n) is 4.31. The lowest BCUT2D eigenvalue weighted by Crippen LogP contribution is -2.49. The smallest absolute Gasteiger partial charge is 0.147 e. The van der Waals surface area contributed by atoms with Gasteiger partial charge in [-0.05, 0) is 38.2 Å². The van der Waals surface area contributed by atoms with Gasteiger partial charge in [0.2, 0.25) is 0 Å². The average Bonchev–Trinajstić information content (AvgIpc) is 2.53. The molecular formula is C17H26FNO2. The third kappa shape index (κ3) is 4.02. The summed E-state index contributed by atoms with van der Waals surface area (Å²) >= 11 is 0. The molecule has 3 nitrogen and oxygen atoms in total. The summed E-state index contributed by atoms with van der Waals surface area (Å²) in [6, 6.07) is 6.60. The zero-order valence-electron chi connectivity index (χ0n) is 12.9. The van der Waals surface area contributed by atoms with Crippen LogP contribution in [0.1, 0.15) is 44.1 Å². The molecule has 1 fully saturated rings. The molecule has 1 aliphatic rings. The molecule has 0 unspecified atom stereocenters. The van der Waals surface area contributed by atoms with Crippen molar-refractivity contribution in [2.45, 2.75) is 44.2 Å². The Hall–Kier alpha value is -0.970. The number of ether oxygens (including phenoxy) is 1. The molecule has 1 aromatic rings. The molecule has 0 amide bonds. The van der Waals surface area contributed by atoms with Gasteiger partial charge in [-0.3, -0.25) is 4.90 Å². The van der Waals surface area contributed by atoms with Crippen molar-refractivity contribution < 1.29 is 14.2 Å². The van der Waals surface area contributed by atoms with E-state index in [0.717, 1.165) is 38.8 Å². The van der Waals surface area contributed by atoms with Crippen LogP contribution in [0.5, 0.6) is 0 Å². The summed E-state index contributed by atoms with van der Waals surface area (Å²) in [5, 5.41) is 11.2. The summed E-state index contributed by atoms with van der Waals surface area (Å²) in [6.07, 6.45) is 5.55. The van der Waals surface area contributed by atoms with Crippen LogP contribution in [0.4, 0.5) is 4.39 Å². The minimum Gasteiger partial charge on any atom is -0.385 e. The number of piperidine rings is 1. The number of likely N-dealkylation sites (tertiary alicyclic amines) is 1. The van der Waals surface area contributed by atoms with Gasteiger partial charge >= 0.3 is 0 Å². The molecule has 21 heavy (non-hydrogen) atoms. The number of aliphatic hydroxyl groups is 1. The summed E-state index contributed by atoms with van der Waals surface area (Å²) in [5.41, 5.74) is -0.788. The van der Waals surface area contributed by atoms with Gasteiger partial charge in [-0.2, -0.15) is 0 Å². The fourth-order valence-electron chi connectivity index (χ4n) is 3.13. The maximum atomic E-state index is 14.2. The van der Waals surface area contributed by atoms with Gasteiger partial charge in [0.1, 0.15) is 11.5 Å². The highest BCUT2D eigenvalue weighted by atomic mass is 19.1. The lowest BCUT2D eigenvalue weighted by atomic mass is 9.92. The zero-order chi connectivity index (χ0) is 15.1. The molecule has 4 heteroatoms. The molecule has 1 atom stereocenters. The number of benzene rings is 1. The number of unbranched alkanes of at least 4 members (excludes halogenated alkanes) is 1. The van der Waals surface area contributed by atoms with Crippen molar-refractivity contribution >= 4 is 0 Å². The van der Waals surface area contributed by atoms with Crippen molar-refractivity contribution in [2.24, 2.45) is 0 Å². The Morgan fingerprint density at radius 3 is 2.57 bits per heavy atom. The molecule has 0 aliphatic carbocycles. The summed E-state index contributed by atoms with van der Waals surface area (Å²) < 4.78 is 19.3. The minimum atomic E-state index is -1.19. The molecule has 1 saturated heterocycles. The van der Waals surface area contributed by atoms with E-state index in [1.54, 1.807) is 25.3 Å². The van der Waals surface area contributed by atoms with Crippen molar-refractivity contribution in [1.82, 2.24) is 4.90 Å². The Morgan fingerprint density at radius 2 is 1.90 bits per heavy atom. The van der Waals surface area contributed by atoms with Gasteiger partial charge in [-0.15, -0.1) is 0 Å². The molecule has 1 N–H and O–H groups in total. The summed E-state index contributed by atoms with van der Waals surface area (Å²) in [5.74, 6) is -0.322. The Balaban J connectivity index is 2.18. The predicted octanol–water partition coefficient (Wildman–Crippen LogP) is 3.27. The summed E-state index contributed by atoms with van der Waals surface area (Å²) in [6.45, 7) is 2.33. The highest BCUT2D eigenvalue weighted by Gasteiger charge is 2.38. The first-order valence-corrected chi connectivity index (χ1v) is 7.90. The topological polar surface area (TPSA) is 32.7 Å². The Morgan fingerprint density at radius 1 is 1.19 bits per heavy atom. The molecule has 1 heterocycles. The maximum absolute atomic E-state index is 14.2. The van der Waals surface area contributed by atoms with Crippen LogP contribution < -0.4 is 0 Å². The van der Waals surface area contributed by atoms with Gasteiger partial charge in [-0.1, -0.05) is 24.6 Å². The van der Waals surface area contributed by atoms with Crippen molar-refractivity contribution in [2.75, 3.05) is 26.8 Å². The van der Waals surface area contributed by atoms with E-state index in [-0.39, 0.29) is 5.82 Å². The molecule has 0 spiro atoms. The third-order valence-corrected chi connectivity index (χ3v) is 4.31. The number of halogens is 1. The number of hydrogen-bond acceptors (Lipinski definition) is 3. The SMILES string of the molecule is COCCCC[C@@](O)(c1ccccc1F)N1CCCCC1. The van der Waals surface area contributed by atoms with E-state index >= 15 is 0 Å². The van der Waals surface area contributed by atoms with E-state index in [1.165, 1.54) is 12.5 Å².